The van der Waals surface area contributed by atoms with E-state index in [2.05, 4.69) is 0 Å². The quantitative estimate of drug-likeness (QED) is 0.853. The molecule has 3 atom stereocenters. The molecule has 3 rings (SSSR count). The molecule has 1 aliphatic rings. The van der Waals surface area contributed by atoms with Crippen LogP contribution in [0.1, 0.15) is 19.4 Å². The van der Waals surface area contributed by atoms with E-state index in [4.69, 9.17) is 5.73 Å². The van der Waals surface area contributed by atoms with E-state index >= 15 is 0 Å². The first-order chi connectivity index (χ1) is 8.18. The molecule has 2 N–H and O–H groups in total. The van der Waals surface area contributed by atoms with Crippen LogP contribution in [0.5, 0.6) is 0 Å². The third-order valence-electron chi connectivity index (χ3n) is 3.68. The largest absolute Gasteiger partial charge is 0.328 e. The predicted molar refractivity (Wildman–Crippen MR) is 69.0 cm³/mol. The van der Waals surface area contributed by atoms with Gasteiger partial charge in [-0.2, -0.15) is 0 Å². The van der Waals surface area contributed by atoms with Crippen LogP contribution in [-0.4, -0.2) is 10.6 Å². The van der Waals surface area contributed by atoms with Gasteiger partial charge in [-0.1, -0.05) is 18.2 Å². The summed E-state index contributed by atoms with van der Waals surface area (Å²) in [6.45, 7) is 2.01. The summed E-state index contributed by atoms with van der Waals surface area (Å²) in [6, 6.07) is 10.2. The number of benzene rings is 1. The molecule has 3 nitrogen and oxygen atoms in total. The molecule has 1 aromatic carbocycles. The van der Waals surface area contributed by atoms with Gasteiger partial charge in [0.15, 0.2) is 0 Å². The summed E-state index contributed by atoms with van der Waals surface area (Å²) in [7, 11) is 0. The smallest absolute Gasteiger partial charge is 0.258 e. The van der Waals surface area contributed by atoms with Crippen molar-refractivity contribution in [1.82, 2.24) is 4.57 Å². The molecule has 1 aromatic heterocycles. The van der Waals surface area contributed by atoms with Gasteiger partial charge in [0.05, 0.1) is 0 Å². The van der Waals surface area contributed by atoms with Crippen molar-refractivity contribution in [2.24, 2.45) is 11.7 Å². The van der Waals surface area contributed by atoms with E-state index in [-0.39, 0.29) is 11.6 Å². The van der Waals surface area contributed by atoms with Gasteiger partial charge in [0.2, 0.25) is 0 Å². The van der Waals surface area contributed by atoms with Crippen LogP contribution in [-0.2, 0) is 0 Å². The maximum atomic E-state index is 12.3. The maximum absolute atomic E-state index is 12.3. The predicted octanol–water partition coefficient (Wildman–Crippen LogP) is 1.91. The Bertz CT molecular complexity index is 615. The number of pyridine rings is 1. The highest BCUT2D eigenvalue weighted by Gasteiger charge is 2.41. The highest BCUT2D eigenvalue weighted by molar-refractivity contribution is 5.81. The third-order valence-corrected chi connectivity index (χ3v) is 3.68. The number of hydrogen-bond donors (Lipinski definition) is 1. The van der Waals surface area contributed by atoms with E-state index in [0.717, 1.165) is 17.2 Å². The lowest BCUT2D eigenvalue weighted by atomic mass is 10.1. The van der Waals surface area contributed by atoms with E-state index in [1.807, 2.05) is 48.0 Å². The maximum Gasteiger partial charge on any atom is 0.258 e. The summed E-state index contributed by atoms with van der Waals surface area (Å²) in [5, 5.41) is 1.80. The van der Waals surface area contributed by atoms with Gasteiger partial charge in [0.25, 0.3) is 5.56 Å². The number of fused-ring (bicyclic) bond motifs is 1. The first-order valence-electron chi connectivity index (χ1n) is 6.04. The molecule has 17 heavy (non-hydrogen) atoms. The summed E-state index contributed by atoms with van der Waals surface area (Å²) in [6.07, 6.45) is 2.92. The van der Waals surface area contributed by atoms with Gasteiger partial charge in [0.1, 0.15) is 0 Å². The second kappa shape index (κ2) is 3.70. The molecule has 0 saturated heterocycles. The minimum Gasteiger partial charge on any atom is -0.328 e. The molecule has 2 aromatic rings. The molecule has 1 fully saturated rings. The molecule has 3 heteroatoms. The van der Waals surface area contributed by atoms with Crippen molar-refractivity contribution < 1.29 is 0 Å². The number of aromatic nitrogens is 1. The Balaban J connectivity index is 2.08. The average Bonchev–Trinajstić information content (AvgIpc) is 3.10. The topological polar surface area (TPSA) is 48.0 Å². The normalized spacial score (nSPS) is 24.8. The molecule has 1 heterocycles. The van der Waals surface area contributed by atoms with Crippen LogP contribution in [0.3, 0.4) is 0 Å². The van der Waals surface area contributed by atoms with Crippen molar-refractivity contribution >= 4 is 10.8 Å². The molecule has 1 saturated carbocycles. The van der Waals surface area contributed by atoms with Gasteiger partial charge in [-0.05, 0) is 36.8 Å². The number of nitrogens with two attached hydrogens (primary N) is 1. The minimum absolute atomic E-state index is 0.108. The molecule has 0 amide bonds. The minimum atomic E-state index is 0.108. The lowest BCUT2D eigenvalue weighted by molar-refractivity contribution is 0.564. The lowest BCUT2D eigenvalue weighted by Crippen LogP contribution is -2.23. The van der Waals surface area contributed by atoms with E-state index < -0.39 is 0 Å². The monoisotopic (exact) mass is 228 g/mol. The molecule has 1 aliphatic carbocycles. The van der Waals surface area contributed by atoms with Crippen molar-refractivity contribution in [3.8, 4) is 0 Å². The summed E-state index contributed by atoms with van der Waals surface area (Å²) in [5.74, 6) is 0.453. The highest BCUT2D eigenvalue weighted by atomic mass is 16.1. The van der Waals surface area contributed by atoms with Gasteiger partial charge in [-0.25, -0.2) is 0 Å². The van der Waals surface area contributed by atoms with Crippen molar-refractivity contribution in [2.75, 3.05) is 0 Å². The Hall–Kier alpha value is -1.61. The van der Waals surface area contributed by atoms with Crippen molar-refractivity contribution in [1.29, 1.82) is 0 Å². The van der Waals surface area contributed by atoms with Gasteiger partial charge < -0.3 is 10.3 Å². The second-order valence-electron chi connectivity index (χ2n) is 4.94. The van der Waals surface area contributed by atoms with E-state index in [0.29, 0.717) is 12.0 Å². The Kier molecular flexibility index (Phi) is 2.30. The van der Waals surface area contributed by atoms with Crippen molar-refractivity contribution in [2.45, 2.75) is 25.4 Å². The highest BCUT2D eigenvalue weighted by Crippen LogP contribution is 2.44. The van der Waals surface area contributed by atoms with Crippen LogP contribution < -0.4 is 11.3 Å². The standard InChI is InChI=1S/C14H16N2O/c1-9(15)12-8-13(12)16-7-6-10-4-2-3-5-11(10)14(16)17/h2-7,9,12-13H,8,15H2,1H3. The zero-order valence-corrected chi connectivity index (χ0v) is 9.84. The van der Waals surface area contributed by atoms with E-state index in [9.17, 15) is 4.79 Å². The molecular weight excluding hydrogens is 212 g/mol. The Labute approximate surface area is 99.9 Å². The van der Waals surface area contributed by atoms with E-state index in [1.54, 1.807) is 0 Å². The molecule has 0 bridgehead atoms. The zero-order chi connectivity index (χ0) is 12.0. The third kappa shape index (κ3) is 1.67. The Morgan fingerprint density at radius 3 is 2.82 bits per heavy atom. The first kappa shape index (κ1) is 10.5. The SMILES string of the molecule is CC(N)C1CC1n1ccc2ccccc2c1=O. The molecule has 88 valence electrons. The summed E-state index contributed by atoms with van der Waals surface area (Å²) in [4.78, 5) is 12.3. The van der Waals surface area contributed by atoms with Crippen LogP contribution in [0.4, 0.5) is 0 Å². The van der Waals surface area contributed by atoms with Crippen molar-refractivity contribution in [3.05, 3.63) is 46.9 Å². The fourth-order valence-electron chi connectivity index (χ4n) is 2.55. The Morgan fingerprint density at radius 2 is 2.12 bits per heavy atom. The fourth-order valence-corrected chi connectivity index (χ4v) is 2.55. The van der Waals surface area contributed by atoms with Crippen LogP contribution in [0.25, 0.3) is 10.8 Å². The average molecular weight is 228 g/mol. The number of rotatable bonds is 2. The van der Waals surface area contributed by atoms with Gasteiger partial charge >= 0.3 is 0 Å². The Morgan fingerprint density at radius 1 is 1.35 bits per heavy atom. The van der Waals surface area contributed by atoms with Gasteiger partial charge in [0, 0.05) is 23.7 Å². The van der Waals surface area contributed by atoms with Crippen molar-refractivity contribution in [3.63, 3.8) is 0 Å². The summed E-state index contributed by atoms with van der Waals surface area (Å²) < 4.78 is 1.84. The zero-order valence-electron chi connectivity index (χ0n) is 9.84. The number of nitrogens with zero attached hydrogens (tertiary/aromatic N) is 1. The first-order valence-corrected chi connectivity index (χ1v) is 6.04. The lowest BCUT2D eigenvalue weighted by Gasteiger charge is -2.08. The second-order valence-corrected chi connectivity index (χ2v) is 4.94. The summed E-state index contributed by atoms with van der Waals surface area (Å²) in [5.41, 5.74) is 5.98. The summed E-state index contributed by atoms with van der Waals surface area (Å²) >= 11 is 0. The van der Waals surface area contributed by atoms with Crippen LogP contribution in [0, 0.1) is 5.92 Å². The van der Waals surface area contributed by atoms with Crippen LogP contribution in [0.15, 0.2) is 41.3 Å². The van der Waals surface area contributed by atoms with Gasteiger partial charge in [-0.15, -0.1) is 0 Å². The molecule has 0 aliphatic heterocycles. The van der Waals surface area contributed by atoms with E-state index in [1.165, 1.54) is 0 Å². The van der Waals surface area contributed by atoms with Crippen LogP contribution in [0.2, 0.25) is 0 Å². The molecule has 0 spiro atoms. The number of hydrogen-bond acceptors (Lipinski definition) is 2. The molecular formula is C14H16N2O. The molecule has 3 unspecified atom stereocenters. The van der Waals surface area contributed by atoms with Gasteiger partial charge in [-0.3, -0.25) is 4.79 Å². The fraction of sp³-hybridized carbons (Fsp3) is 0.357. The van der Waals surface area contributed by atoms with Crippen LogP contribution >= 0.6 is 0 Å². The molecule has 0 radical (unpaired) electrons.